The van der Waals surface area contributed by atoms with Crippen molar-refractivity contribution in [2.75, 3.05) is 74.5 Å². The first kappa shape index (κ1) is 24.3. The van der Waals surface area contributed by atoms with E-state index >= 15 is 0 Å². The molecule has 2 fully saturated rings. The first-order valence-corrected chi connectivity index (χ1v) is 11.4. The number of carbonyl (C=O) groups is 1. The molecule has 1 N–H and O–H groups in total. The third kappa shape index (κ3) is 5.64. The predicted molar refractivity (Wildman–Crippen MR) is 126 cm³/mol. The van der Waals surface area contributed by atoms with Crippen LogP contribution in [0.3, 0.4) is 0 Å². The molecule has 2 saturated heterocycles. The predicted octanol–water partition coefficient (Wildman–Crippen LogP) is 3.56. The lowest BCUT2D eigenvalue weighted by Crippen LogP contribution is -2.50. The molecule has 2 aromatic rings. The van der Waals surface area contributed by atoms with E-state index in [0.29, 0.717) is 32.0 Å². The quantitative estimate of drug-likeness (QED) is 0.699. The minimum atomic E-state index is -4.60. The molecule has 1 aromatic carbocycles. The molecular weight excluding hydrogens is 471 g/mol. The number of carbonyl (C=O) groups excluding carboxylic acids is 1. The second-order valence-corrected chi connectivity index (χ2v) is 8.93. The number of likely N-dealkylation sites (N-methyl/N-ethyl adjacent to an activating group) is 1. The number of benzene rings is 1. The van der Waals surface area contributed by atoms with Crippen LogP contribution in [0.5, 0.6) is 0 Å². The molecule has 2 aliphatic rings. The molecule has 3 heterocycles. The fraction of sp³-hybridized carbons (Fsp3) is 0.500. The van der Waals surface area contributed by atoms with Gasteiger partial charge in [0.1, 0.15) is 17.5 Å². The fourth-order valence-corrected chi connectivity index (χ4v) is 4.28. The molecule has 0 bridgehead atoms. The number of alkyl halides is 3. The van der Waals surface area contributed by atoms with Crippen molar-refractivity contribution in [3.05, 3.63) is 40.7 Å². The van der Waals surface area contributed by atoms with E-state index < -0.39 is 22.8 Å². The van der Waals surface area contributed by atoms with Crippen molar-refractivity contribution in [3.8, 4) is 0 Å². The lowest BCUT2D eigenvalue weighted by atomic mass is 10.2. The molecule has 2 amide bonds. The van der Waals surface area contributed by atoms with Gasteiger partial charge in [0.2, 0.25) is 0 Å². The first-order chi connectivity index (χ1) is 16.1. The Morgan fingerprint density at radius 2 is 1.50 bits per heavy atom. The molecule has 0 radical (unpaired) electrons. The summed E-state index contributed by atoms with van der Waals surface area (Å²) < 4.78 is 39.3. The maximum Gasteiger partial charge on any atom is 0.417 e. The van der Waals surface area contributed by atoms with Crippen LogP contribution in [0.1, 0.15) is 11.4 Å². The van der Waals surface area contributed by atoms with Crippen LogP contribution < -0.4 is 15.1 Å². The number of aromatic nitrogens is 2. The zero-order chi connectivity index (χ0) is 24.5. The Labute approximate surface area is 201 Å². The summed E-state index contributed by atoms with van der Waals surface area (Å²) >= 11 is 5.65. The van der Waals surface area contributed by atoms with Gasteiger partial charge in [-0.1, -0.05) is 11.6 Å². The number of nitrogens with one attached hydrogen (secondary N) is 1. The van der Waals surface area contributed by atoms with Crippen molar-refractivity contribution in [2.45, 2.75) is 13.1 Å². The van der Waals surface area contributed by atoms with Crippen LogP contribution in [0, 0.1) is 6.92 Å². The standard InChI is InChI=1S/C22H27ClF3N7O/c1-15-27-19(31-7-5-30(2)6-8-31)14-20(28-15)32-9-11-33(12-10-32)21(34)29-16-3-4-18(23)17(13-16)22(24,25)26/h3-4,13-14H,5-12H2,1-2H3,(H,29,34). The van der Waals surface area contributed by atoms with Crippen LogP contribution in [-0.4, -0.2) is 85.2 Å². The Balaban J connectivity index is 1.38. The molecule has 1 aromatic heterocycles. The van der Waals surface area contributed by atoms with Gasteiger partial charge in [-0.15, -0.1) is 0 Å². The highest BCUT2D eigenvalue weighted by Gasteiger charge is 2.33. The zero-order valence-corrected chi connectivity index (χ0v) is 19.8. The summed E-state index contributed by atoms with van der Waals surface area (Å²) in [6.45, 7) is 7.57. The van der Waals surface area contributed by atoms with Crippen LogP contribution in [0.25, 0.3) is 0 Å². The molecule has 34 heavy (non-hydrogen) atoms. The highest BCUT2D eigenvalue weighted by atomic mass is 35.5. The molecule has 2 aliphatic heterocycles. The van der Waals surface area contributed by atoms with E-state index in [1.54, 1.807) is 4.90 Å². The van der Waals surface area contributed by atoms with E-state index in [1.165, 1.54) is 6.07 Å². The first-order valence-electron chi connectivity index (χ1n) is 11.1. The van der Waals surface area contributed by atoms with Crippen LogP contribution in [0.15, 0.2) is 24.3 Å². The number of rotatable bonds is 3. The Kier molecular flexibility index (Phi) is 7.04. The number of amides is 2. The number of nitrogens with zero attached hydrogens (tertiary/aromatic N) is 6. The Hall–Kier alpha value is -2.79. The normalized spacial score (nSPS) is 17.8. The van der Waals surface area contributed by atoms with E-state index in [4.69, 9.17) is 11.6 Å². The third-order valence-electron chi connectivity index (χ3n) is 6.05. The summed E-state index contributed by atoms with van der Waals surface area (Å²) in [7, 11) is 2.10. The number of hydrogen-bond acceptors (Lipinski definition) is 6. The van der Waals surface area contributed by atoms with Crippen molar-refractivity contribution in [3.63, 3.8) is 0 Å². The monoisotopic (exact) mass is 497 g/mol. The average molecular weight is 498 g/mol. The lowest BCUT2D eigenvalue weighted by molar-refractivity contribution is -0.137. The number of anilines is 3. The van der Waals surface area contributed by atoms with Gasteiger partial charge in [0.05, 0.1) is 10.6 Å². The summed E-state index contributed by atoms with van der Waals surface area (Å²) in [6.07, 6.45) is -4.60. The van der Waals surface area contributed by atoms with E-state index in [0.717, 1.165) is 49.9 Å². The Bertz CT molecular complexity index is 1040. The van der Waals surface area contributed by atoms with Crippen molar-refractivity contribution >= 4 is 35.0 Å². The fourth-order valence-electron chi connectivity index (χ4n) is 4.06. The molecule has 4 rings (SSSR count). The number of hydrogen-bond donors (Lipinski definition) is 1. The molecule has 0 unspecified atom stereocenters. The number of urea groups is 1. The van der Waals surface area contributed by atoms with E-state index in [-0.39, 0.29) is 5.69 Å². The second kappa shape index (κ2) is 9.83. The third-order valence-corrected chi connectivity index (χ3v) is 6.38. The summed E-state index contributed by atoms with van der Waals surface area (Å²) in [6, 6.07) is 4.87. The van der Waals surface area contributed by atoms with Gasteiger partial charge in [0.15, 0.2) is 0 Å². The largest absolute Gasteiger partial charge is 0.417 e. The smallest absolute Gasteiger partial charge is 0.354 e. The maximum absolute atomic E-state index is 13.1. The number of halogens is 4. The highest BCUT2D eigenvalue weighted by molar-refractivity contribution is 6.31. The molecule has 0 spiro atoms. The minimum absolute atomic E-state index is 0.0485. The lowest BCUT2D eigenvalue weighted by Gasteiger charge is -2.36. The van der Waals surface area contributed by atoms with Crippen molar-refractivity contribution in [1.29, 1.82) is 0 Å². The van der Waals surface area contributed by atoms with Gasteiger partial charge in [-0.2, -0.15) is 13.2 Å². The molecule has 0 aliphatic carbocycles. The van der Waals surface area contributed by atoms with Crippen LogP contribution >= 0.6 is 11.6 Å². The maximum atomic E-state index is 13.1. The van der Waals surface area contributed by atoms with Gasteiger partial charge in [-0.25, -0.2) is 14.8 Å². The SMILES string of the molecule is Cc1nc(N2CCN(C)CC2)cc(N2CCN(C(=O)Nc3ccc(Cl)c(C(F)(F)F)c3)CC2)n1. The van der Waals surface area contributed by atoms with Gasteiger partial charge in [-0.05, 0) is 32.2 Å². The van der Waals surface area contributed by atoms with E-state index in [9.17, 15) is 18.0 Å². The van der Waals surface area contributed by atoms with Gasteiger partial charge in [0, 0.05) is 64.1 Å². The Morgan fingerprint density at radius 3 is 2.06 bits per heavy atom. The topological polar surface area (TPSA) is 67.8 Å². The second-order valence-electron chi connectivity index (χ2n) is 8.52. The summed E-state index contributed by atoms with van der Waals surface area (Å²) in [5, 5.41) is 2.14. The Morgan fingerprint density at radius 1 is 0.941 bits per heavy atom. The molecule has 12 heteroatoms. The molecule has 8 nitrogen and oxygen atoms in total. The summed E-state index contributed by atoms with van der Waals surface area (Å²) in [5.41, 5.74) is -0.931. The zero-order valence-electron chi connectivity index (χ0n) is 19.1. The van der Waals surface area contributed by atoms with E-state index in [2.05, 4.69) is 37.0 Å². The van der Waals surface area contributed by atoms with Crippen LogP contribution in [0.2, 0.25) is 5.02 Å². The molecule has 0 saturated carbocycles. The molecular formula is C22H27ClF3N7O. The highest BCUT2D eigenvalue weighted by Crippen LogP contribution is 2.36. The van der Waals surface area contributed by atoms with Crippen molar-refractivity contribution in [1.82, 2.24) is 19.8 Å². The van der Waals surface area contributed by atoms with Gasteiger partial charge < -0.3 is 24.9 Å². The van der Waals surface area contributed by atoms with Crippen LogP contribution in [-0.2, 0) is 6.18 Å². The van der Waals surface area contributed by atoms with E-state index in [1.807, 2.05) is 13.0 Å². The van der Waals surface area contributed by atoms with Crippen LogP contribution in [0.4, 0.5) is 35.3 Å². The summed E-state index contributed by atoms with van der Waals surface area (Å²) in [5.74, 6) is 2.41. The van der Waals surface area contributed by atoms with Gasteiger partial charge in [0.25, 0.3) is 0 Å². The molecule has 0 atom stereocenters. The minimum Gasteiger partial charge on any atom is -0.354 e. The van der Waals surface area contributed by atoms with Crippen molar-refractivity contribution < 1.29 is 18.0 Å². The number of piperazine rings is 2. The van der Waals surface area contributed by atoms with Gasteiger partial charge in [-0.3, -0.25) is 0 Å². The number of aryl methyl sites for hydroxylation is 1. The van der Waals surface area contributed by atoms with Crippen molar-refractivity contribution in [2.24, 2.45) is 0 Å². The summed E-state index contributed by atoms with van der Waals surface area (Å²) in [4.78, 5) is 30.0. The van der Waals surface area contributed by atoms with Gasteiger partial charge >= 0.3 is 12.2 Å². The average Bonchev–Trinajstić information content (AvgIpc) is 2.80. The molecule has 184 valence electrons.